The standard InChI is InChI=1S/C70H98O70S7/c1-22(71)113-50-43-36(15-106-141(85,86)87)127-64(57(50)120-29(8)78)135-44-37(16-107-142(88,89)90)129-66(59(122-31(10)80)51(44)114-23(2)72)137-46-39(18-109-144(94,95)96)131-68(61(124-33(12)82)53(46)116-25(4)74)139-48-41(20-111-146(100,101)102)133-70(63(126-35(14)84)55(48)118-27(6)76)140-49-42(21-112-147(103,104)105)132-69(62(125-34(13)83)56(49)119-28(7)77)138-47-40(19-110-145(97,98)99)130-67(60(123-32(11)81)54(47)117-26(5)75)136-45-38(17-108-143(91,92)93)128-65(134-43)58(121-30(9)79)52(45)115-24(3)73/h36-70H,15-21H2,1-14H3,(H,85,86,87)(H,88,89,90)(H,91,92,93)(H,94,95,96)(H,97,98,99)(H,100,101,102)(H,103,104,105)/t36-,37-,38-,39-,40-,41-,42-,43-,44-,45-,46-,47-,48-,49-,50-,51-,52?,53+,54+,55-,56?,57-,58-,59-,60-,61-,62-,63-,64-,65-,66-,67-,68-,69-,70-/m1/s1. The first-order chi connectivity index (χ1) is 67.7. The van der Waals surface area contributed by atoms with Crippen LogP contribution >= 0.6 is 0 Å². The molecule has 21 rings (SSSR count). The van der Waals surface area contributed by atoms with Crippen molar-refractivity contribution >= 4 is 156 Å². The number of carbonyl (C=O) groups is 14. The van der Waals surface area contributed by atoms with Gasteiger partial charge in [0.15, 0.2) is 129 Å². The third kappa shape index (κ3) is 37.9. The summed E-state index contributed by atoms with van der Waals surface area (Å²) in [4.78, 5) is 194. The molecule has 70 nitrogen and oxygen atoms in total. The van der Waals surface area contributed by atoms with Gasteiger partial charge in [-0.05, 0) is 0 Å². The van der Waals surface area contributed by atoms with Crippen molar-refractivity contribution in [2.24, 2.45) is 0 Å². The predicted molar refractivity (Wildman–Crippen MR) is 435 cm³/mol. The Kier molecular flexibility index (Phi) is 43.2. The van der Waals surface area contributed by atoms with Crippen molar-refractivity contribution in [1.29, 1.82) is 0 Å². The van der Waals surface area contributed by atoms with Crippen LogP contribution in [0.5, 0.6) is 0 Å². The third-order valence-corrected chi connectivity index (χ3v) is 23.1. The van der Waals surface area contributed by atoms with Crippen molar-refractivity contribution in [2.75, 3.05) is 46.2 Å². The summed E-state index contributed by atoms with van der Waals surface area (Å²) in [6.07, 6.45) is -99.6. The van der Waals surface area contributed by atoms with Crippen LogP contribution in [0.3, 0.4) is 0 Å². The maximum atomic E-state index is 13.9. The Bertz CT molecular complexity index is 4640. The Morgan fingerprint density at radius 3 is 0.313 bits per heavy atom. The molecule has 77 heteroatoms. The molecule has 0 aromatic rings. The molecular weight excluding hydrogens is 2190 g/mol. The molecule has 0 saturated carbocycles. The van der Waals surface area contributed by atoms with Gasteiger partial charge in [-0.2, -0.15) is 58.9 Å². The van der Waals surface area contributed by atoms with E-state index in [-0.39, 0.29) is 0 Å². The van der Waals surface area contributed by atoms with E-state index in [1.54, 1.807) is 0 Å². The molecule has 0 amide bonds. The molecule has 7 N–H and O–H groups in total. The highest BCUT2D eigenvalue weighted by Gasteiger charge is 2.67. The van der Waals surface area contributed by atoms with Gasteiger partial charge in [-0.25, -0.2) is 29.3 Å². The molecule has 0 aromatic heterocycles. The summed E-state index contributed by atoms with van der Waals surface area (Å²) in [7, 11) is -42.0. The van der Waals surface area contributed by atoms with E-state index in [9.17, 15) is 158 Å². The molecule has 0 spiro atoms. The van der Waals surface area contributed by atoms with Crippen LogP contribution in [0.1, 0.15) is 96.9 Å². The largest absolute Gasteiger partial charge is 0.455 e. The van der Waals surface area contributed by atoms with Gasteiger partial charge in [-0.15, -0.1) is 0 Å². The van der Waals surface area contributed by atoms with Gasteiger partial charge in [0.1, 0.15) is 85.5 Å². The lowest BCUT2D eigenvalue weighted by atomic mass is 9.94. The average Bonchev–Trinajstić information content (AvgIpc) is 0.842. The van der Waals surface area contributed by atoms with Gasteiger partial charge in [0.2, 0.25) is 0 Å². The highest BCUT2D eigenvalue weighted by Crippen LogP contribution is 2.46. The lowest BCUT2D eigenvalue weighted by Gasteiger charge is -2.52. The lowest BCUT2D eigenvalue weighted by Crippen LogP contribution is -2.70. The van der Waals surface area contributed by atoms with Gasteiger partial charge >= 0.3 is 156 Å². The fourth-order valence-electron chi connectivity index (χ4n) is 15.7. The normalized spacial score (nSPS) is 34.7. The molecule has 21 aliphatic rings. The predicted octanol–water partition coefficient (Wildman–Crippen LogP) is -8.45. The summed E-state index contributed by atoms with van der Waals surface area (Å²) in [5, 5.41) is 0. The zero-order valence-corrected chi connectivity index (χ0v) is 83.6. The molecule has 21 heterocycles. The smallest absolute Gasteiger partial charge is 0.397 e. The van der Waals surface area contributed by atoms with Crippen molar-refractivity contribution < 1.29 is 320 Å². The van der Waals surface area contributed by atoms with Crippen LogP contribution in [-0.4, -0.2) is 436 Å². The highest BCUT2D eigenvalue weighted by molar-refractivity contribution is 7.82. The number of hydrogen-bond acceptors (Lipinski definition) is 63. The van der Waals surface area contributed by atoms with Gasteiger partial charge in [-0.1, -0.05) is 0 Å². The first-order valence-electron chi connectivity index (χ1n) is 41.6. The van der Waals surface area contributed by atoms with E-state index in [0.29, 0.717) is 96.9 Å². The number of esters is 14. The molecule has 0 aromatic carbocycles. The van der Waals surface area contributed by atoms with Crippen LogP contribution in [-0.2, 0) is 302 Å². The monoisotopic (exact) mass is 2280 g/mol. The first kappa shape index (κ1) is 123. The zero-order valence-electron chi connectivity index (χ0n) is 77.9. The maximum absolute atomic E-state index is 13.9. The molecule has 35 atom stereocenters. The van der Waals surface area contributed by atoms with Crippen LogP contribution in [0.4, 0.5) is 0 Å². The Balaban J connectivity index is 1.56. The first-order valence-corrected chi connectivity index (χ1v) is 51.2. The molecule has 840 valence electrons. The van der Waals surface area contributed by atoms with Gasteiger partial charge in [-0.3, -0.25) is 99.0 Å². The summed E-state index contributed by atoms with van der Waals surface area (Å²) in [5.74, 6) is -22.6. The fraction of sp³-hybridized carbons (Fsp3) is 0.800. The average molecular weight is 2280 g/mol. The molecule has 0 aliphatic carbocycles. The maximum Gasteiger partial charge on any atom is 0.397 e. The number of ether oxygens (including phenoxy) is 28. The van der Waals surface area contributed by atoms with Crippen LogP contribution in [0.25, 0.3) is 0 Å². The Labute approximate surface area is 830 Å². The topological polar surface area (TPSA) is 943 Å². The molecule has 21 saturated heterocycles. The minimum atomic E-state index is -5.99. The van der Waals surface area contributed by atoms with E-state index in [1.807, 2.05) is 0 Å². The lowest BCUT2D eigenvalue weighted by molar-refractivity contribution is -0.396. The van der Waals surface area contributed by atoms with Crippen molar-refractivity contribution in [3.05, 3.63) is 0 Å². The van der Waals surface area contributed by atoms with Crippen LogP contribution in [0.15, 0.2) is 0 Å². The summed E-state index contributed by atoms with van der Waals surface area (Å²) in [6.45, 7) is -5.59. The Morgan fingerprint density at radius 2 is 0.238 bits per heavy atom. The van der Waals surface area contributed by atoms with Gasteiger partial charge < -0.3 is 133 Å². The van der Waals surface area contributed by atoms with E-state index in [4.69, 9.17) is 162 Å². The fourth-order valence-corrected chi connectivity index (χ4v) is 17.8. The Morgan fingerprint density at radius 1 is 0.156 bits per heavy atom. The Hall–Kier alpha value is -8.89. The van der Waals surface area contributed by atoms with Crippen molar-refractivity contribution in [2.45, 2.75) is 312 Å². The number of rotatable bonds is 35. The second kappa shape index (κ2) is 51.5. The van der Waals surface area contributed by atoms with Crippen LogP contribution in [0, 0.1) is 0 Å². The molecule has 147 heavy (non-hydrogen) atoms. The summed E-state index contributed by atoms with van der Waals surface area (Å²) >= 11 is 0. The van der Waals surface area contributed by atoms with E-state index >= 15 is 0 Å². The molecular formula is C70H98O70S7. The van der Waals surface area contributed by atoms with E-state index in [1.165, 1.54) is 0 Å². The molecule has 21 aliphatic heterocycles. The minimum Gasteiger partial charge on any atom is -0.455 e. The number of hydrogen-bond donors (Lipinski definition) is 7. The van der Waals surface area contributed by atoms with Gasteiger partial charge in [0.25, 0.3) is 0 Å². The molecule has 14 bridgehead atoms. The van der Waals surface area contributed by atoms with Crippen molar-refractivity contribution in [3.8, 4) is 0 Å². The van der Waals surface area contributed by atoms with Gasteiger partial charge in [0, 0.05) is 96.9 Å². The van der Waals surface area contributed by atoms with Crippen LogP contribution in [0.2, 0.25) is 0 Å². The van der Waals surface area contributed by atoms with E-state index < -0.39 is 418 Å². The van der Waals surface area contributed by atoms with Crippen LogP contribution < -0.4 is 0 Å². The summed E-state index contributed by atoms with van der Waals surface area (Å²) in [6, 6.07) is 0. The third-order valence-electron chi connectivity index (χ3n) is 20.1. The van der Waals surface area contributed by atoms with Crippen molar-refractivity contribution in [3.63, 3.8) is 0 Å². The molecule has 2 unspecified atom stereocenters. The zero-order chi connectivity index (χ0) is 110. The van der Waals surface area contributed by atoms with E-state index in [2.05, 4.69) is 0 Å². The molecule has 0 radical (unpaired) electrons. The summed E-state index contributed by atoms with van der Waals surface area (Å²) < 4.78 is 452. The second-order valence-electron chi connectivity index (χ2n) is 31.5. The molecule has 21 fully saturated rings. The van der Waals surface area contributed by atoms with E-state index in [0.717, 1.165) is 0 Å². The minimum absolute atomic E-state index is 0.538. The summed E-state index contributed by atoms with van der Waals surface area (Å²) in [5.41, 5.74) is 0. The van der Waals surface area contributed by atoms with Crippen molar-refractivity contribution in [1.82, 2.24) is 0 Å². The quantitative estimate of drug-likeness (QED) is 0.0176. The highest BCUT2D eigenvalue weighted by atomic mass is 32.3. The number of carbonyl (C=O) groups excluding carboxylic acids is 14. The second-order valence-corrected chi connectivity index (χ2v) is 39.2. The SMILES string of the molecule is CC(=O)OC1[C@@H](OC(C)=O)[C@H]2O[C@H]3[C@@H](OC(C)=O)[C@@H](OC(C)=O)[C@@H](O[C@H]4[C@@H](OC(C)=O)[C@@H](OC(C)=O)[C@@H](O[C@H]5[C@H](OC(C)=O)[C@@H](OC(C)=O)[C@@H](O[C@H]6[C@@H](OC(C)=O)[C@@H](OC(C)=O)[C@H](O[C@@H]6COS(=O)(=O)O)O[C@H]6C(OC(C)=O)[C@@H](OC(C)=O)[C@@H](O[C@H]7[C@H](OC(C)=O)[C@@H](OC(C)=O)[C@H](O[C@@H]7COS(=O)(=O)O)O[C@@H]1[C@@H](COS(=O)(=O)O)O2)O[C@@H]6COS(=O)(=O)O)O[C@@H]5COS(=O)(=O)O)O[C@@H]4COS(=O)(=O)O)O[C@@H]3COS(=O)(=O)O. The van der Waals surface area contributed by atoms with Gasteiger partial charge in [0.05, 0.1) is 46.2 Å².